The third-order valence-electron chi connectivity index (χ3n) is 5.06. The Morgan fingerprint density at radius 2 is 1.85 bits per heavy atom. The molecule has 2 aliphatic rings. The summed E-state index contributed by atoms with van der Waals surface area (Å²) in [6.45, 7) is 0.472. The Morgan fingerprint density at radius 1 is 1.06 bits per heavy atom. The molecule has 1 saturated heterocycles. The average Bonchev–Trinajstić information content (AvgIpc) is 3.38. The second-order valence-corrected chi connectivity index (χ2v) is 8.53. The highest BCUT2D eigenvalue weighted by molar-refractivity contribution is 9.10. The van der Waals surface area contributed by atoms with Crippen LogP contribution in [0.1, 0.15) is 11.1 Å². The minimum absolute atomic E-state index is 0.0100. The van der Waals surface area contributed by atoms with Gasteiger partial charge in [0.05, 0.1) is 15.2 Å². The van der Waals surface area contributed by atoms with Crippen molar-refractivity contribution >= 4 is 51.1 Å². The van der Waals surface area contributed by atoms with Gasteiger partial charge >= 0.3 is 0 Å². The molecule has 1 fully saturated rings. The van der Waals surface area contributed by atoms with Gasteiger partial charge in [-0.1, -0.05) is 35.9 Å². The zero-order chi connectivity index (χ0) is 22.9. The summed E-state index contributed by atoms with van der Waals surface area (Å²) in [7, 11) is 0. The van der Waals surface area contributed by atoms with Gasteiger partial charge in [-0.15, -0.1) is 0 Å². The minimum atomic E-state index is -0.487. The minimum Gasteiger partial charge on any atom is -0.486 e. The van der Waals surface area contributed by atoms with E-state index < -0.39 is 11.8 Å². The summed E-state index contributed by atoms with van der Waals surface area (Å²) < 4.78 is 17.2. The standard InChI is InChI=1S/C24H16BrClN2O5/c25-18-9-15(8-17-23(29)27-28(24(17)30)16-4-2-1-3-5-16)10-19(26)22(18)31-12-14-6-7-20-21(11-14)33-13-32-20/h1-11H,12-13H2,(H,27,29)/b17-8-. The van der Waals surface area contributed by atoms with Crippen LogP contribution in [0.15, 0.2) is 70.7 Å². The molecule has 166 valence electrons. The Labute approximate surface area is 202 Å². The van der Waals surface area contributed by atoms with Crippen molar-refractivity contribution in [3.63, 3.8) is 0 Å². The van der Waals surface area contributed by atoms with Gasteiger partial charge in [-0.3, -0.25) is 15.0 Å². The van der Waals surface area contributed by atoms with Crippen LogP contribution in [0.25, 0.3) is 6.08 Å². The number of halogens is 2. The van der Waals surface area contributed by atoms with Crippen molar-refractivity contribution in [2.24, 2.45) is 0 Å². The van der Waals surface area contributed by atoms with E-state index in [0.29, 0.717) is 38.0 Å². The summed E-state index contributed by atoms with van der Waals surface area (Å²) in [6, 6.07) is 17.8. The number of fused-ring (bicyclic) bond motifs is 1. The smallest absolute Gasteiger partial charge is 0.282 e. The summed E-state index contributed by atoms with van der Waals surface area (Å²) in [4.78, 5) is 25.2. The number of nitrogens with zero attached hydrogens (tertiary/aromatic N) is 1. The van der Waals surface area contributed by atoms with Crippen LogP contribution in [-0.4, -0.2) is 18.6 Å². The van der Waals surface area contributed by atoms with Crippen LogP contribution in [0.3, 0.4) is 0 Å². The second kappa shape index (κ2) is 8.80. The second-order valence-electron chi connectivity index (χ2n) is 7.27. The molecule has 1 N–H and O–H groups in total. The van der Waals surface area contributed by atoms with Crippen LogP contribution in [0.5, 0.6) is 17.2 Å². The summed E-state index contributed by atoms with van der Waals surface area (Å²) in [5, 5.41) is 1.55. The third-order valence-corrected chi connectivity index (χ3v) is 5.93. The first-order valence-electron chi connectivity index (χ1n) is 9.92. The Balaban J connectivity index is 1.34. The van der Waals surface area contributed by atoms with Crippen LogP contribution in [-0.2, 0) is 16.2 Å². The topological polar surface area (TPSA) is 77.1 Å². The maximum Gasteiger partial charge on any atom is 0.282 e. The highest BCUT2D eigenvalue weighted by Crippen LogP contribution is 2.37. The van der Waals surface area contributed by atoms with Crippen molar-refractivity contribution in [1.82, 2.24) is 5.43 Å². The number of amides is 2. The molecule has 33 heavy (non-hydrogen) atoms. The monoisotopic (exact) mass is 526 g/mol. The lowest BCUT2D eigenvalue weighted by Gasteiger charge is -2.14. The quantitative estimate of drug-likeness (QED) is 0.378. The molecule has 2 heterocycles. The van der Waals surface area contributed by atoms with Gasteiger partial charge in [0.25, 0.3) is 11.8 Å². The van der Waals surface area contributed by atoms with E-state index >= 15 is 0 Å². The number of nitrogens with one attached hydrogen (secondary N) is 1. The SMILES string of the molecule is O=C1NN(c2ccccc2)C(=O)/C1=C\c1cc(Cl)c(OCc2ccc3c(c2)OCO3)c(Br)c1. The fourth-order valence-electron chi connectivity index (χ4n) is 3.47. The van der Waals surface area contributed by atoms with Crippen molar-refractivity contribution in [2.45, 2.75) is 6.61 Å². The van der Waals surface area contributed by atoms with Crippen LogP contribution in [0.2, 0.25) is 5.02 Å². The molecule has 0 spiro atoms. The van der Waals surface area contributed by atoms with E-state index in [0.717, 1.165) is 5.56 Å². The van der Waals surface area contributed by atoms with Gasteiger partial charge in [-0.25, -0.2) is 5.01 Å². The molecule has 0 radical (unpaired) electrons. The Hall–Kier alpha value is -3.49. The third kappa shape index (κ3) is 4.27. The highest BCUT2D eigenvalue weighted by Gasteiger charge is 2.34. The maximum atomic E-state index is 12.8. The molecule has 0 bridgehead atoms. The van der Waals surface area contributed by atoms with E-state index in [1.165, 1.54) is 11.1 Å². The molecule has 3 aromatic rings. The Morgan fingerprint density at radius 3 is 2.64 bits per heavy atom. The normalized spacial score (nSPS) is 15.8. The molecule has 2 aliphatic heterocycles. The highest BCUT2D eigenvalue weighted by atomic mass is 79.9. The number of benzene rings is 3. The zero-order valence-corrected chi connectivity index (χ0v) is 19.4. The first-order valence-corrected chi connectivity index (χ1v) is 11.1. The Bertz CT molecular complexity index is 1270. The molecule has 0 saturated carbocycles. The van der Waals surface area contributed by atoms with E-state index in [4.69, 9.17) is 25.8 Å². The van der Waals surface area contributed by atoms with Crippen molar-refractivity contribution in [3.05, 3.63) is 86.9 Å². The van der Waals surface area contributed by atoms with Gasteiger partial charge in [0, 0.05) is 0 Å². The molecule has 0 aromatic heterocycles. The lowest BCUT2D eigenvalue weighted by atomic mass is 10.1. The molecule has 0 aliphatic carbocycles. The van der Waals surface area contributed by atoms with E-state index in [1.807, 2.05) is 24.3 Å². The molecule has 7 nitrogen and oxygen atoms in total. The number of carbonyl (C=O) groups is 2. The van der Waals surface area contributed by atoms with Crippen molar-refractivity contribution in [1.29, 1.82) is 0 Å². The Kier molecular flexibility index (Phi) is 5.70. The van der Waals surface area contributed by atoms with Crippen molar-refractivity contribution < 1.29 is 23.8 Å². The fourth-order valence-corrected chi connectivity index (χ4v) is 4.46. The molecule has 5 rings (SSSR count). The molecule has 2 amide bonds. The number of hydrogen-bond donors (Lipinski definition) is 1. The maximum absolute atomic E-state index is 12.8. The van der Waals surface area contributed by atoms with E-state index in [9.17, 15) is 9.59 Å². The fraction of sp³-hybridized carbons (Fsp3) is 0.0833. The number of ether oxygens (including phenoxy) is 3. The molecular formula is C24H16BrClN2O5. The number of anilines is 1. The number of carbonyl (C=O) groups excluding carboxylic acids is 2. The average molecular weight is 528 g/mol. The first-order chi connectivity index (χ1) is 16.0. The van der Waals surface area contributed by atoms with Gasteiger partial charge in [0.15, 0.2) is 17.2 Å². The summed E-state index contributed by atoms with van der Waals surface area (Å²) in [6.07, 6.45) is 1.50. The van der Waals surface area contributed by atoms with E-state index in [1.54, 1.807) is 36.4 Å². The zero-order valence-electron chi connectivity index (χ0n) is 17.0. The molecule has 3 aromatic carbocycles. The summed E-state index contributed by atoms with van der Waals surface area (Å²) >= 11 is 9.92. The molecule has 0 atom stereocenters. The van der Waals surface area contributed by atoms with E-state index in [-0.39, 0.29) is 19.0 Å². The lowest BCUT2D eigenvalue weighted by molar-refractivity contribution is -0.117. The number of rotatable bonds is 5. The first kappa shape index (κ1) is 21.4. The number of hydrazine groups is 1. The van der Waals surface area contributed by atoms with Crippen LogP contribution < -0.4 is 24.6 Å². The van der Waals surface area contributed by atoms with Gasteiger partial charge in [-0.2, -0.15) is 0 Å². The van der Waals surface area contributed by atoms with Gasteiger partial charge in [-0.05, 0) is 69.5 Å². The van der Waals surface area contributed by atoms with Crippen LogP contribution >= 0.6 is 27.5 Å². The predicted octanol–water partition coefficient (Wildman–Crippen LogP) is 4.87. The van der Waals surface area contributed by atoms with Gasteiger partial charge < -0.3 is 14.2 Å². The molecule has 0 unspecified atom stereocenters. The molecule has 9 heteroatoms. The van der Waals surface area contributed by atoms with Crippen LogP contribution in [0, 0.1) is 0 Å². The number of hydrogen-bond acceptors (Lipinski definition) is 5. The molecular weight excluding hydrogens is 512 g/mol. The van der Waals surface area contributed by atoms with E-state index in [2.05, 4.69) is 21.4 Å². The summed E-state index contributed by atoms with van der Waals surface area (Å²) in [5.41, 5.74) is 4.63. The summed E-state index contributed by atoms with van der Waals surface area (Å²) in [5.74, 6) is 0.893. The predicted molar refractivity (Wildman–Crippen MR) is 126 cm³/mol. The largest absolute Gasteiger partial charge is 0.486 e. The van der Waals surface area contributed by atoms with Crippen molar-refractivity contribution in [3.8, 4) is 17.2 Å². The van der Waals surface area contributed by atoms with Crippen LogP contribution in [0.4, 0.5) is 5.69 Å². The number of para-hydroxylation sites is 1. The van der Waals surface area contributed by atoms with Gasteiger partial charge in [0.2, 0.25) is 6.79 Å². The lowest BCUT2D eigenvalue weighted by Crippen LogP contribution is -2.35. The van der Waals surface area contributed by atoms with Crippen molar-refractivity contribution in [2.75, 3.05) is 11.8 Å². The van der Waals surface area contributed by atoms with Gasteiger partial charge in [0.1, 0.15) is 12.2 Å².